The minimum absolute atomic E-state index is 0.0893. The van der Waals surface area contributed by atoms with E-state index in [4.69, 9.17) is 0 Å². The van der Waals surface area contributed by atoms with Crippen molar-refractivity contribution in [1.29, 1.82) is 0 Å². The van der Waals surface area contributed by atoms with Crippen molar-refractivity contribution in [2.75, 3.05) is 7.05 Å². The van der Waals surface area contributed by atoms with Gasteiger partial charge in [-0.1, -0.05) is 29.8 Å². The number of benzene rings is 1. The van der Waals surface area contributed by atoms with Crippen LogP contribution in [0.25, 0.3) is 0 Å². The minimum Gasteiger partial charge on any atom is -0.302 e. The molecule has 18 heavy (non-hydrogen) atoms. The van der Waals surface area contributed by atoms with Gasteiger partial charge < -0.3 is 5.32 Å². The Balaban J connectivity index is 1.94. The highest BCUT2D eigenvalue weighted by Gasteiger charge is 2.31. The number of imide groups is 1. The predicted octanol–water partition coefficient (Wildman–Crippen LogP) is 1.23. The van der Waals surface area contributed by atoms with Crippen molar-refractivity contribution in [2.45, 2.75) is 32.4 Å². The Hall–Kier alpha value is -1.68. The molecule has 1 aromatic carbocycles. The molecular weight excluding hydrogens is 228 g/mol. The van der Waals surface area contributed by atoms with Gasteiger partial charge in [-0.3, -0.25) is 14.5 Å². The molecule has 4 heteroatoms. The molecule has 1 N–H and O–H groups in total. The van der Waals surface area contributed by atoms with E-state index in [0.29, 0.717) is 19.4 Å². The zero-order valence-electron chi connectivity index (χ0n) is 10.8. The van der Waals surface area contributed by atoms with Gasteiger partial charge in [0.2, 0.25) is 11.8 Å². The molecule has 1 saturated heterocycles. The van der Waals surface area contributed by atoms with Crippen molar-refractivity contribution in [2.24, 2.45) is 0 Å². The molecule has 1 aliphatic rings. The van der Waals surface area contributed by atoms with Crippen LogP contribution in [-0.2, 0) is 16.1 Å². The first-order valence-electron chi connectivity index (χ1n) is 6.17. The van der Waals surface area contributed by atoms with Gasteiger partial charge >= 0.3 is 0 Å². The fourth-order valence-electron chi connectivity index (χ4n) is 2.17. The quantitative estimate of drug-likeness (QED) is 0.816. The third-order valence-electron chi connectivity index (χ3n) is 3.28. The van der Waals surface area contributed by atoms with Crippen LogP contribution in [0.3, 0.4) is 0 Å². The zero-order chi connectivity index (χ0) is 13.1. The summed E-state index contributed by atoms with van der Waals surface area (Å²) in [6, 6.07) is 7.93. The molecule has 0 bridgehead atoms. The minimum atomic E-state index is -0.242. The van der Waals surface area contributed by atoms with Gasteiger partial charge in [0, 0.05) is 20.0 Å². The molecule has 1 unspecified atom stereocenters. The van der Waals surface area contributed by atoms with Crippen LogP contribution in [0.2, 0.25) is 0 Å². The average Bonchev–Trinajstić information content (AvgIpc) is 2.35. The van der Waals surface area contributed by atoms with E-state index in [9.17, 15) is 9.59 Å². The molecule has 0 radical (unpaired) electrons. The van der Waals surface area contributed by atoms with E-state index in [1.807, 2.05) is 25.1 Å². The Bertz CT molecular complexity index is 471. The predicted molar refractivity (Wildman–Crippen MR) is 68.8 cm³/mol. The number of likely N-dealkylation sites (tertiary alicyclic amines) is 1. The highest BCUT2D eigenvalue weighted by atomic mass is 16.2. The summed E-state index contributed by atoms with van der Waals surface area (Å²) in [5.74, 6) is -0.215. The summed E-state index contributed by atoms with van der Waals surface area (Å²) in [6.07, 6.45) is 1.03. The lowest BCUT2D eigenvalue weighted by Gasteiger charge is -2.28. The lowest BCUT2D eigenvalue weighted by molar-refractivity contribution is -0.148. The Morgan fingerprint density at radius 3 is 2.89 bits per heavy atom. The maximum atomic E-state index is 11.9. The third kappa shape index (κ3) is 2.76. The molecule has 2 rings (SSSR count). The number of amides is 2. The van der Waals surface area contributed by atoms with Gasteiger partial charge in [0.1, 0.15) is 0 Å². The van der Waals surface area contributed by atoms with Crippen molar-refractivity contribution in [3.8, 4) is 0 Å². The summed E-state index contributed by atoms with van der Waals surface area (Å²) in [5, 5.41) is 3.22. The molecule has 1 heterocycles. The number of hydrogen-bond acceptors (Lipinski definition) is 3. The van der Waals surface area contributed by atoms with E-state index < -0.39 is 0 Å². The summed E-state index contributed by atoms with van der Waals surface area (Å²) in [7, 11) is 1.55. The maximum Gasteiger partial charge on any atom is 0.246 e. The molecule has 4 nitrogen and oxygen atoms in total. The molecule has 2 amide bonds. The zero-order valence-corrected chi connectivity index (χ0v) is 10.8. The molecule has 0 aliphatic carbocycles. The normalized spacial score (nSPS) is 20.3. The van der Waals surface area contributed by atoms with Crippen molar-refractivity contribution >= 4 is 11.8 Å². The number of carbonyl (C=O) groups excluding carboxylic acids is 2. The van der Waals surface area contributed by atoms with Crippen LogP contribution in [0.4, 0.5) is 0 Å². The second kappa shape index (κ2) is 5.31. The van der Waals surface area contributed by atoms with E-state index >= 15 is 0 Å². The van der Waals surface area contributed by atoms with Crippen molar-refractivity contribution in [3.63, 3.8) is 0 Å². The number of carbonyl (C=O) groups is 2. The van der Waals surface area contributed by atoms with Crippen LogP contribution in [0.5, 0.6) is 0 Å². The molecule has 1 aromatic rings. The summed E-state index contributed by atoms with van der Waals surface area (Å²) in [6.45, 7) is 2.70. The van der Waals surface area contributed by atoms with Crippen LogP contribution in [0.1, 0.15) is 24.0 Å². The fourth-order valence-corrected chi connectivity index (χ4v) is 2.17. The van der Waals surface area contributed by atoms with Gasteiger partial charge in [-0.25, -0.2) is 0 Å². The van der Waals surface area contributed by atoms with Crippen molar-refractivity contribution in [3.05, 3.63) is 35.4 Å². The highest BCUT2D eigenvalue weighted by molar-refractivity contribution is 6.00. The Labute approximate surface area is 107 Å². The lowest BCUT2D eigenvalue weighted by atomic mass is 10.0. The summed E-state index contributed by atoms with van der Waals surface area (Å²) in [4.78, 5) is 24.4. The summed E-state index contributed by atoms with van der Waals surface area (Å²) < 4.78 is 0. The topological polar surface area (TPSA) is 49.4 Å². The first-order chi connectivity index (χ1) is 8.58. The van der Waals surface area contributed by atoms with Gasteiger partial charge in [-0.2, -0.15) is 0 Å². The number of nitrogens with zero attached hydrogens (tertiary/aromatic N) is 1. The number of aryl methyl sites for hydroxylation is 1. The standard InChI is InChI=1S/C14H18N2O2/c1-10-4-3-5-11(8-10)9-15-12-6-7-13(17)16(2)14(12)18/h3-5,8,12,15H,6-7,9H2,1-2H3. The Kier molecular flexibility index (Phi) is 3.77. The first kappa shape index (κ1) is 12.8. The van der Waals surface area contributed by atoms with Crippen LogP contribution in [-0.4, -0.2) is 29.8 Å². The van der Waals surface area contributed by atoms with E-state index in [1.165, 1.54) is 10.5 Å². The van der Waals surface area contributed by atoms with Gasteiger partial charge in [0.25, 0.3) is 0 Å². The smallest absolute Gasteiger partial charge is 0.246 e. The maximum absolute atomic E-state index is 11.9. The van der Waals surface area contributed by atoms with Crippen LogP contribution >= 0.6 is 0 Å². The number of rotatable bonds is 3. The monoisotopic (exact) mass is 246 g/mol. The van der Waals surface area contributed by atoms with Crippen LogP contribution < -0.4 is 5.32 Å². The van der Waals surface area contributed by atoms with E-state index in [1.54, 1.807) is 7.05 Å². The molecule has 1 atom stereocenters. The molecule has 0 spiro atoms. The van der Waals surface area contributed by atoms with Crippen LogP contribution in [0, 0.1) is 6.92 Å². The van der Waals surface area contributed by atoms with E-state index in [-0.39, 0.29) is 17.9 Å². The molecule has 96 valence electrons. The highest BCUT2D eigenvalue weighted by Crippen LogP contribution is 2.12. The van der Waals surface area contributed by atoms with E-state index in [2.05, 4.69) is 11.4 Å². The third-order valence-corrected chi connectivity index (χ3v) is 3.28. The van der Waals surface area contributed by atoms with Crippen molar-refractivity contribution < 1.29 is 9.59 Å². The number of nitrogens with one attached hydrogen (secondary N) is 1. The lowest BCUT2D eigenvalue weighted by Crippen LogP contribution is -2.51. The summed E-state index contributed by atoms with van der Waals surface area (Å²) in [5.41, 5.74) is 2.36. The largest absolute Gasteiger partial charge is 0.302 e. The second-order valence-corrected chi connectivity index (χ2v) is 4.75. The molecule has 1 fully saturated rings. The fraction of sp³-hybridized carbons (Fsp3) is 0.429. The van der Waals surface area contributed by atoms with Gasteiger partial charge in [0.15, 0.2) is 0 Å². The number of hydrogen-bond donors (Lipinski definition) is 1. The van der Waals surface area contributed by atoms with Crippen LogP contribution in [0.15, 0.2) is 24.3 Å². The summed E-state index contributed by atoms with van der Waals surface area (Å²) >= 11 is 0. The SMILES string of the molecule is Cc1cccc(CNC2CCC(=O)N(C)C2=O)c1. The van der Waals surface area contributed by atoms with Gasteiger partial charge in [-0.15, -0.1) is 0 Å². The van der Waals surface area contributed by atoms with E-state index in [0.717, 1.165) is 5.56 Å². The molecule has 1 aliphatic heterocycles. The molecule has 0 aromatic heterocycles. The Morgan fingerprint density at radius 1 is 1.39 bits per heavy atom. The molecular formula is C14H18N2O2. The average molecular weight is 246 g/mol. The molecule has 0 saturated carbocycles. The number of likely N-dealkylation sites (N-methyl/N-ethyl adjacent to an activating group) is 1. The van der Waals surface area contributed by atoms with Crippen molar-refractivity contribution in [1.82, 2.24) is 10.2 Å². The second-order valence-electron chi connectivity index (χ2n) is 4.75. The Morgan fingerprint density at radius 2 is 2.17 bits per heavy atom. The van der Waals surface area contributed by atoms with Gasteiger partial charge in [-0.05, 0) is 18.9 Å². The van der Waals surface area contributed by atoms with Gasteiger partial charge in [0.05, 0.1) is 6.04 Å². The first-order valence-corrected chi connectivity index (χ1v) is 6.17. The number of piperidine rings is 1.